The minimum absolute atomic E-state index is 0.0556. The highest BCUT2D eigenvalue weighted by Gasteiger charge is 2.32. The van der Waals surface area contributed by atoms with E-state index in [4.69, 9.17) is 4.52 Å². The van der Waals surface area contributed by atoms with Crippen LogP contribution >= 0.6 is 11.3 Å². The van der Waals surface area contributed by atoms with Gasteiger partial charge in [-0.2, -0.15) is 0 Å². The van der Waals surface area contributed by atoms with E-state index in [9.17, 15) is 4.79 Å². The molecule has 1 unspecified atom stereocenters. The number of aromatic nitrogens is 4. The molecule has 2 amide bonds. The van der Waals surface area contributed by atoms with Crippen molar-refractivity contribution in [1.29, 1.82) is 0 Å². The zero-order chi connectivity index (χ0) is 17.9. The Morgan fingerprint density at radius 2 is 2.27 bits per heavy atom. The molecule has 0 saturated carbocycles. The quantitative estimate of drug-likeness (QED) is 0.758. The SMILES string of the molecule is Cc1cc(C2CCCN2C(=O)NCc2csc(-c3ncccn3)n2)on1. The van der Waals surface area contributed by atoms with E-state index in [0.717, 1.165) is 35.0 Å². The van der Waals surface area contributed by atoms with E-state index in [2.05, 4.69) is 25.4 Å². The average molecular weight is 370 g/mol. The lowest BCUT2D eigenvalue weighted by Gasteiger charge is -2.22. The van der Waals surface area contributed by atoms with Crippen molar-refractivity contribution >= 4 is 17.4 Å². The number of amides is 2. The molecule has 1 atom stereocenters. The van der Waals surface area contributed by atoms with E-state index in [1.165, 1.54) is 11.3 Å². The van der Waals surface area contributed by atoms with Crippen LogP contribution in [0.25, 0.3) is 10.8 Å². The minimum atomic E-state index is -0.118. The maximum Gasteiger partial charge on any atom is 0.318 e. The zero-order valence-electron chi connectivity index (χ0n) is 14.3. The van der Waals surface area contributed by atoms with Crippen LogP contribution in [-0.4, -0.2) is 37.6 Å². The van der Waals surface area contributed by atoms with Crippen LogP contribution in [0.2, 0.25) is 0 Å². The van der Waals surface area contributed by atoms with Crippen molar-refractivity contribution in [3.05, 3.63) is 47.1 Å². The summed E-state index contributed by atoms with van der Waals surface area (Å²) in [5, 5.41) is 9.52. The van der Waals surface area contributed by atoms with E-state index < -0.39 is 0 Å². The molecule has 0 aliphatic carbocycles. The first-order chi connectivity index (χ1) is 12.7. The Labute approximate surface area is 154 Å². The minimum Gasteiger partial charge on any atom is -0.359 e. The molecular weight excluding hydrogens is 352 g/mol. The van der Waals surface area contributed by atoms with Crippen molar-refractivity contribution in [3.8, 4) is 10.8 Å². The number of likely N-dealkylation sites (tertiary alicyclic amines) is 1. The molecule has 0 bridgehead atoms. The molecule has 26 heavy (non-hydrogen) atoms. The Bertz CT molecular complexity index is 894. The van der Waals surface area contributed by atoms with Crippen LogP contribution in [0.15, 0.2) is 34.4 Å². The third kappa shape index (κ3) is 3.43. The summed E-state index contributed by atoms with van der Waals surface area (Å²) < 4.78 is 5.35. The van der Waals surface area contributed by atoms with E-state index in [1.54, 1.807) is 23.4 Å². The molecule has 1 aliphatic heterocycles. The van der Waals surface area contributed by atoms with Crippen molar-refractivity contribution in [2.24, 2.45) is 0 Å². The van der Waals surface area contributed by atoms with Gasteiger partial charge in [-0.15, -0.1) is 11.3 Å². The topological polar surface area (TPSA) is 97.0 Å². The number of thiazole rings is 1. The molecule has 3 aromatic rings. The van der Waals surface area contributed by atoms with Crippen LogP contribution in [0.1, 0.15) is 36.0 Å². The van der Waals surface area contributed by atoms with Crippen LogP contribution < -0.4 is 5.32 Å². The summed E-state index contributed by atoms with van der Waals surface area (Å²) in [6, 6.07) is 3.48. The number of hydrogen-bond acceptors (Lipinski definition) is 7. The van der Waals surface area contributed by atoms with Crippen LogP contribution in [0.5, 0.6) is 0 Å². The molecule has 1 aliphatic rings. The lowest BCUT2D eigenvalue weighted by molar-refractivity contribution is 0.182. The molecule has 4 heterocycles. The van der Waals surface area contributed by atoms with Gasteiger partial charge in [0.25, 0.3) is 0 Å². The molecule has 8 nitrogen and oxygen atoms in total. The first-order valence-electron chi connectivity index (χ1n) is 8.40. The summed E-state index contributed by atoms with van der Waals surface area (Å²) in [5.41, 5.74) is 1.61. The molecule has 1 fully saturated rings. The molecule has 0 aromatic carbocycles. The summed E-state index contributed by atoms with van der Waals surface area (Å²) in [4.78, 5) is 27.3. The number of urea groups is 1. The van der Waals surface area contributed by atoms with Gasteiger partial charge in [0.15, 0.2) is 16.6 Å². The number of carbonyl (C=O) groups is 1. The number of rotatable bonds is 4. The smallest absolute Gasteiger partial charge is 0.318 e. The number of aryl methyl sites for hydroxylation is 1. The van der Waals surface area contributed by atoms with Crippen molar-refractivity contribution in [3.63, 3.8) is 0 Å². The van der Waals surface area contributed by atoms with Gasteiger partial charge < -0.3 is 14.7 Å². The summed E-state index contributed by atoms with van der Waals surface area (Å²) in [7, 11) is 0. The van der Waals surface area contributed by atoms with Gasteiger partial charge in [0, 0.05) is 30.4 Å². The van der Waals surface area contributed by atoms with Crippen LogP contribution in [0.4, 0.5) is 4.79 Å². The second-order valence-electron chi connectivity index (χ2n) is 6.10. The fourth-order valence-corrected chi connectivity index (χ4v) is 3.78. The molecule has 0 radical (unpaired) electrons. The lowest BCUT2D eigenvalue weighted by atomic mass is 10.1. The number of carbonyl (C=O) groups excluding carboxylic acids is 1. The average Bonchev–Trinajstić information content (AvgIpc) is 3.40. The zero-order valence-corrected chi connectivity index (χ0v) is 15.1. The lowest BCUT2D eigenvalue weighted by Crippen LogP contribution is -2.39. The molecule has 1 N–H and O–H groups in total. The van der Waals surface area contributed by atoms with Crippen molar-refractivity contribution < 1.29 is 9.32 Å². The molecule has 3 aromatic heterocycles. The number of nitrogens with one attached hydrogen (secondary N) is 1. The Morgan fingerprint density at radius 3 is 3.04 bits per heavy atom. The second kappa shape index (κ2) is 7.20. The Morgan fingerprint density at radius 1 is 1.42 bits per heavy atom. The van der Waals surface area contributed by atoms with Crippen LogP contribution in [0, 0.1) is 6.92 Å². The van der Waals surface area contributed by atoms with Gasteiger partial charge in [-0.3, -0.25) is 0 Å². The van der Waals surface area contributed by atoms with Crippen LogP contribution in [-0.2, 0) is 6.54 Å². The Balaban J connectivity index is 1.39. The Hall–Kier alpha value is -2.81. The maximum absolute atomic E-state index is 12.6. The summed E-state index contributed by atoms with van der Waals surface area (Å²) >= 11 is 1.46. The summed E-state index contributed by atoms with van der Waals surface area (Å²) in [5.74, 6) is 1.34. The van der Waals surface area contributed by atoms with Gasteiger partial charge in [-0.25, -0.2) is 19.7 Å². The molecule has 9 heteroatoms. The third-order valence-corrected chi connectivity index (χ3v) is 5.10. The van der Waals surface area contributed by atoms with Gasteiger partial charge in [0.2, 0.25) is 0 Å². The summed E-state index contributed by atoms with van der Waals surface area (Å²) in [6.07, 6.45) is 5.20. The standard InChI is InChI=1S/C17H18N6O2S/c1-11-8-14(25-22-11)13-4-2-7-23(13)17(24)20-9-12-10-26-16(21-12)15-18-5-3-6-19-15/h3,5-6,8,10,13H,2,4,7,9H2,1H3,(H,20,24). The summed E-state index contributed by atoms with van der Waals surface area (Å²) in [6.45, 7) is 2.94. The van der Waals surface area contributed by atoms with Crippen molar-refractivity contribution in [2.45, 2.75) is 32.4 Å². The first kappa shape index (κ1) is 16.6. The molecule has 0 spiro atoms. The molecule has 134 valence electrons. The van der Waals surface area contributed by atoms with E-state index >= 15 is 0 Å². The van der Waals surface area contributed by atoms with Gasteiger partial charge in [-0.1, -0.05) is 5.16 Å². The molecule has 4 rings (SSSR count). The van der Waals surface area contributed by atoms with Gasteiger partial charge in [0.05, 0.1) is 24.0 Å². The van der Waals surface area contributed by atoms with Gasteiger partial charge >= 0.3 is 6.03 Å². The molecular formula is C17H18N6O2S. The monoisotopic (exact) mass is 370 g/mol. The third-order valence-electron chi connectivity index (χ3n) is 4.22. The molecule has 1 saturated heterocycles. The predicted octanol–water partition coefficient (Wildman–Crippen LogP) is 2.94. The number of hydrogen-bond donors (Lipinski definition) is 1. The van der Waals surface area contributed by atoms with Crippen molar-refractivity contribution in [2.75, 3.05) is 6.54 Å². The van der Waals surface area contributed by atoms with Crippen molar-refractivity contribution in [1.82, 2.24) is 30.3 Å². The van der Waals surface area contributed by atoms with Crippen LogP contribution in [0.3, 0.4) is 0 Å². The second-order valence-corrected chi connectivity index (χ2v) is 6.96. The number of nitrogens with zero attached hydrogens (tertiary/aromatic N) is 5. The maximum atomic E-state index is 12.6. The predicted molar refractivity (Wildman–Crippen MR) is 95.3 cm³/mol. The first-order valence-corrected chi connectivity index (χ1v) is 9.28. The highest BCUT2D eigenvalue weighted by molar-refractivity contribution is 7.13. The normalized spacial score (nSPS) is 16.8. The van der Waals surface area contributed by atoms with E-state index in [1.807, 2.05) is 18.4 Å². The van der Waals surface area contributed by atoms with E-state index in [-0.39, 0.29) is 12.1 Å². The van der Waals surface area contributed by atoms with Gasteiger partial charge in [-0.05, 0) is 25.8 Å². The largest absolute Gasteiger partial charge is 0.359 e. The fraction of sp³-hybridized carbons (Fsp3) is 0.353. The fourth-order valence-electron chi connectivity index (χ4n) is 3.01. The van der Waals surface area contributed by atoms with Gasteiger partial charge in [0.1, 0.15) is 0 Å². The Kier molecular flexibility index (Phi) is 4.61. The highest BCUT2D eigenvalue weighted by atomic mass is 32.1. The highest BCUT2D eigenvalue weighted by Crippen LogP contribution is 2.32. The van der Waals surface area contributed by atoms with E-state index in [0.29, 0.717) is 18.9 Å².